The molecule has 0 atom stereocenters. The fourth-order valence-corrected chi connectivity index (χ4v) is 2.12. The van der Waals surface area contributed by atoms with Gasteiger partial charge in [0.05, 0.1) is 0 Å². The summed E-state index contributed by atoms with van der Waals surface area (Å²) < 4.78 is 13.5. The van der Waals surface area contributed by atoms with Gasteiger partial charge >= 0.3 is 0 Å². The van der Waals surface area contributed by atoms with Crippen molar-refractivity contribution in [3.05, 3.63) is 24.3 Å². The van der Waals surface area contributed by atoms with Crippen LogP contribution in [0, 0.1) is 0 Å². The van der Waals surface area contributed by atoms with Crippen molar-refractivity contribution < 1.29 is 4.48 Å². The molecule has 1 fully saturated rings. The molecule has 84 valence electrons. The number of aromatic nitrogens is 2. The molecule has 0 saturated carbocycles. The molecular formula is C11H13FN4. The fraction of sp³-hybridized carbons (Fsp3) is 0.364. The summed E-state index contributed by atoms with van der Waals surface area (Å²) in [5.41, 5.74) is 0.538. The number of hydrogen-bond donors (Lipinski definition) is 1. The first kappa shape index (κ1) is 9.59. The molecule has 1 saturated heterocycles. The Morgan fingerprint density at radius 1 is 1.19 bits per heavy atom. The van der Waals surface area contributed by atoms with E-state index in [2.05, 4.69) is 15.3 Å². The van der Waals surface area contributed by atoms with Crippen LogP contribution in [0.25, 0.3) is 10.9 Å². The number of nitrogens with one attached hydrogen (secondary N) is 1. The zero-order valence-electron chi connectivity index (χ0n) is 8.86. The summed E-state index contributed by atoms with van der Waals surface area (Å²) in [4.78, 5) is 2.58. The predicted octanol–water partition coefficient (Wildman–Crippen LogP) is 1.18. The van der Waals surface area contributed by atoms with Crippen LogP contribution < -0.4 is 10.2 Å². The summed E-state index contributed by atoms with van der Waals surface area (Å²) >= 11 is 0. The third-order valence-corrected chi connectivity index (χ3v) is 2.94. The van der Waals surface area contributed by atoms with E-state index < -0.39 is 0 Å². The molecule has 4 nitrogen and oxygen atoms in total. The van der Waals surface area contributed by atoms with Crippen molar-refractivity contribution in [2.24, 2.45) is 0 Å². The van der Waals surface area contributed by atoms with Gasteiger partial charge < -0.3 is 10.2 Å². The van der Waals surface area contributed by atoms with Gasteiger partial charge in [-0.2, -0.15) is 0 Å². The second-order valence-electron chi connectivity index (χ2n) is 3.94. The molecule has 5 heteroatoms. The summed E-state index contributed by atoms with van der Waals surface area (Å²) in [6, 6.07) is 7.39. The van der Waals surface area contributed by atoms with Gasteiger partial charge in [0.15, 0.2) is 5.82 Å². The standard InChI is InChI=1S/C11H13FN4/c12-16-10-4-2-1-3-9(10)11(14-16)15-7-5-13-6-8-15/h1-4,13H,5-8H2. The molecule has 1 aromatic carbocycles. The van der Waals surface area contributed by atoms with Gasteiger partial charge in [0.2, 0.25) is 0 Å². The van der Waals surface area contributed by atoms with Gasteiger partial charge in [0, 0.05) is 31.6 Å². The molecule has 3 rings (SSSR count). The summed E-state index contributed by atoms with van der Waals surface area (Å²) in [6.07, 6.45) is 0. The molecule has 0 radical (unpaired) electrons. The molecule has 16 heavy (non-hydrogen) atoms. The second-order valence-corrected chi connectivity index (χ2v) is 3.94. The average molecular weight is 220 g/mol. The molecule has 1 aliphatic rings. The maximum absolute atomic E-state index is 13.5. The topological polar surface area (TPSA) is 33.1 Å². The predicted molar refractivity (Wildman–Crippen MR) is 61.3 cm³/mol. The maximum Gasteiger partial charge on any atom is 0.161 e. The van der Waals surface area contributed by atoms with Crippen LogP contribution in [0.5, 0.6) is 0 Å². The summed E-state index contributed by atoms with van der Waals surface area (Å²) in [6.45, 7) is 3.60. The van der Waals surface area contributed by atoms with Crippen molar-refractivity contribution in [3.8, 4) is 0 Å². The van der Waals surface area contributed by atoms with E-state index in [0.717, 1.165) is 37.4 Å². The van der Waals surface area contributed by atoms with Crippen LogP contribution >= 0.6 is 0 Å². The highest BCUT2D eigenvalue weighted by atomic mass is 19.2. The van der Waals surface area contributed by atoms with Crippen LogP contribution in [0.2, 0.25) is 0 Å². The lowest BCUT2D eigenvalue weighted by atomic mass is 10.2. The van der Waals surface area contributed by atoms with Crippen molar-refractivity contribution in [2.75, 3.05) is 31.1 Å². The first-order valence-electron chi connectivity index (χ1n) is 5.46. The van der Waals surface area contributed by atoms with Crippen molar-refractivity contribution in [1.29, 1.82) is 0 Å². The Morgan fingerprint density at radius 3 is 2.75 bits per heavy atom. The van der Waals surface area contributed by atoms with Crippen molar-refractivity contribution in [2.45, 2.75) is 0 Å². The van der Waals surface area contributed by atoms with Gasteiger partial charge in [0.1, 0.15) is 5.52 Å². The monoisotopic (exact) mass is 220 g/mol. The zero-order valence-corrected chi connectivity index (χ0v) is 8.86. The molecule has 0 amide bonds. The lowest BCUT2D eigenvalue weighted by molar-refractivity contribution is 0.332. The lowest BCUT2D eigenvalue weighted by Crippen LogP contribution is -2.43. The minimum absolute atomic E-state index is 0.465. The minimum atomic E-state index is 0.465. The van der Waals surface area contributed by atoms with Crippen molar-refractivity contribution in [3.63, 3.8) is 0 Å². The fourth-order valence-electron chi connectivity index (χ4n) is 2.12. The quantitative estimate of drug-likeness (QED) is 0.783. The van der Waals surface area contributed by atoms with Gasteiger partial charge in [-0.15, -0.1) is 5.10 Å². The highest BCUT2D eigenvalue weighted by Gasteiger charge is 2.17. The average Bonchev–Trinajstić information content (AvgIpc) is 2.69. The molecule has 1 N–H and O–H groups in total. The largest absolute Gasteiger partial charge is 0.352 e. The number of hydrogen-bond acceptors (Lipinski definition) is 3. The molecule has 0 spiro atoms. The number of nitrogens with zero attached hydrogens (tertiary/aromatic N) is 3. The smallest absolute Gasteiger partial charge is 0.161 e. The number of para-hydroxylation sites is 1. The Kier molecular flexibility index (Phi) is 2.25. The highest BCUT2D eigenvalue weighted by molar-refractivity contribution is 5.90. The Balaban J connectivity index is 2.08. The van der Waals surface area contributed by atoms with Crippen LogP contribution in [-0.2, 0) is 0 Å². The van der Waals surface area contributed by atoms with Crippen molar-refractivity contribution >= 4 is 16.7 Å². The summed E-state index contributed by atoms with van der Waals surface area (Å²) in [7, 11) is 0. The normalized spacial score (nSPS) is 16.9. The minimum Gasteiger partial charge on any atom is -0.352 e. The van der Waals surface area contributed by atoms with Crippen LogP contribution in [0.15, 0.2) is 24.3 Å². The van der Waals surface area contributed by atoms with E-state index in [1.807, 2.05) is 18.2 Å². The highest BCUT2D eigenvalue weighted by Crippen LogP contribution is 2.26. The van der Waals surface area contributed by atoms with E-state index in [1.54, 1.807) is 6.07 Å². The number of rotatable bonds is 1. The van der Waals surface area contributed by atoms with E-state index in [-0.39, 0.29) is 0 Å². The van der Waals surface area contributed by atoms with Gasteiger partial charge in [-0.3, -0.25) is 0 Å². The van der Waals surface area contributed by atoms with Gasteiger partial charge in [-0.1, -0.05) is 21.5 Å². The van der Waals surface area contributed by atoms with Crippen LogP contribution in [-0.4, -0.2) is 36.2 Å². The third-order valence-electron chi connectivity index (χ3n) is 2.94. The first-order chi connectivity index (χ1) is 7.86. The number of anilines is 1. The molecule has 1 aromatic heterocycles. The number of benzene rings is 1. The van der Waals surface area contributed by atoms with Crippen LogP contribution in [0.1, 0.15) is 0 Å². The number of piperazine rings is 1. The first-order valence-corrected chi connectivity index (χ1v) is 5.46. The maximum atomic E-state index is 13.5. The molecule has 0 aliphatic carbocycles. The van der Waals surface area contributed by atoms with Crippen LogP contribution in [0.3, 0.4) is 0 Å². The summed E-state index contributed by atoms with van der Waals surface area (Å²) in [5, 5.41) is 8.11. The van der Waals surface area contributed by atoms with E-state index >= 15 is 0 Å². The SMILES string of the molecule is Fn1nc(N2CCNCC2)c2ccccc21. The van der Waals surface area contributed by atoms with Crippen LogP contribution in [0.4, 0.5) is 10.3 Å². The van der Waals surface area contributed by atoms with E-state index in [0.29, 0.717) is 10.4 Å². The van der Waals surface area contributed by atoms with E-state index in [9.17, 15) is 4.48 Å². The van der Waals surface area contributed by atoms with E-state index in [4.69, 9.17) is 0 Å². The molecular weight excluding hydrogens is 207 g/mol. The Bertz CT molecular complexity index is 502. The molecule has 1 aliphatic heterocycles. The molecule has 2 heterocycles. The van der Waals surface area contributed by atoms with Gasteiger partial charge in [-0.25, -0.2) is 0 Å². The second kappa shape index (κ2) is 3.75. The number of halogens is 1. The third kappa shape index (κ3) is 1.44. The Labute approximate surface area is 92.6 Å². The van der Waals surface area contributed by atoms with Crippen molar-refractivity contribution in [1.82, 2.24) is 15.3 Å². The Morgan fingerprint density at radius 2 is 1.94 bits per heavy atom. The zero-order chi connectivity index (χ0) is 11.0. The lowest BCUT2D eigenvalue weighted by Gasteiger charge is -2.27. The Hall–Kier alpha value is -1.62. The van der Waals surface area contributed by atoms with E-state index in [1.165, 1.54) is 0 Å². The van der Waals surface area contributed by atoms with Gasteiger partial charge in [-0.05, 0) is 12.1 Å². The number of fused-ring (bicyclic) bond motifs is 1. The summed E-state index contributed by atoms with van der Waals surface area (Å²) in [5.74, 6) is 0.750. The van der Waals surface area contributed by atoms with Gasteiger partial charge in [0.25, 0.3) is 0 Å². The molecule has 2 aromatic rings. The molecule has 0 bridgehead atoms. The molecule has 0 unspecified atom stereocenters.